The molecule has 0 unspecified atom stereocenters. The van der Waals surface area contributed by atoms with E-state index in [4.69, 9.17) is 9.72 Å². The number of pyridine rings is 1. The van der Waals surface area contributed by atoms with Crippen LogP contribution in [-0.2, 0) is 0 Å². The van der Waals surface area contributed by atoms with Crippen LogP contribution in [0.15, 0.2) is 48.5 Å². The minimum absolute atomic E-state index is 0.821. The van der Waals surface area contributed by atoms with Gasteiger partial charge in [0, 0.05) is 48.5 Å². The van der Waals surface area contributed by atoms with E-state index in [2.05, 4.69) is 52.7 Å². The number of hydrogen-bond donors (Lipinski definition) is 1. The van der Waals surface area contributed by atoms with E-state index in [0.717, 1.165) is 48.5 Å². The maximum Gasteiger partial charge on any atom is 0.145 e. The summed E-state index contributed by atoms with van der Waals surface area (Å²) in [5, 5.41) is 4.56. The summed E-state index contributed by atoms with van der Waals surface area (Å²) in [6.07, 6.45) is 0. The molecule has 3 aromatic rings. The summed E-state index contributed by atoms with van der Waals surface area (Å²) in [7, 11) is 1.70. The van der Waals surface area contributed by atoms with E-state index in [9.17, 15) is 0 Å². The molecule has 1 aliphatic rings. The van der Waals surface area contributed by atoms with Gasteiger partial charge in [0.1, 0.15) is 11.3 Å². The van der Waals surface area contributed by atoms with Gasteiger partial charge in [-0.1, -0.05) is 24.3 Å². The second kappa shape index (κ2) is 6.73. The molecule has 0 atom stereocenters. The number of rotatable bonds is 3. The topological polar surface area (TPSA) is 37.4 Å². The molecule has 2 aromatic carbocycles. The maximum absolute atomic E-state index is 5.54. The number of para-hydroxylation sites is 1. The van der Waals surface area contributed by atoms with E-state index >= 15 is 0 Å². The molecule has 0 aliphatic carbocycles. The zero-order valence-corrected chi connectivity index (χ0v) is 14.7. The van der Waals surface area contributed by atoms with Crippen molar-refractivity contribution in [3.05, 3.63) is 54.2 Å². The number of nitrogens with one attached hydrogen (secondary N) is 1. The molecule has 25 heavy (non-hydrogen) atoms. The van der Waals surface area contributed by atoms with Crippen molar-refractivity contribution >= 4 is 16.6 Å². The van der Waals surface area contributed by atoms with E-state index < -0.39 is 0 Å². The van der Waals surface area contributed by atoms with Gasteiger partial charge < -0.3 is 15.0 Å². The second-order valence-corrected chi connectivity index (χ2v) is 6.42. The lowest BCUT2D eigenvalue weighted by atomic mass is 9.97. The predicted octanol–water partition coefficient (Wildman–Crippen LogP) is 3.63. The van der Waals surface area contributed by atoms with Gasteiger partial charge in [-0.3, -0.25) is 0 Å². The Kier molecular flexibility index (Phi) is 4.28. The summed E-state index contributed by atoms with van der Waals surface area (Å²) in [5.41, 5.74) is 5.67. The fourth-order valence-corrected chi connectivity index (χ4v) is 3.57. The highest BCUT2D eigenvalue weighted by Gasteiger charge is 2.17. The van der Waals surface area contributed by atoms with Gasteiger partial charge in [0.15, 0.2) is 0 Å². The first-order valence-corrected chi connectivity index (χ1v) is 8.77. The molecule has 0 saturated carbocycles. The van der Waals surface area contributed by atoms with Crippen LogP contribution >= 0.6 is 0 Å². The van der Waals surface area contributed by atoms with Gasteiger partial charge in [0.25, 0.3) is 0 Å². The fourth-order valence-electron chi connectivity index (χ4n) is 3.57. The third kappa shape index (κ3) is 2.94. The molecule has 0 radical (unpaired) electrons. The fraction of sp³-hybridized carbons (Fsp3) is 0.286. The lowest BCUT2D eigenvalue weighted by Gasteiger charge is -2.31. The van der Waals surface area contributed by atoms with Gasteiger partial charge in [-0.15, -0.1) is 0 Å². The highest BCUT2D eigenvalue weighted by molar-refractivity contribution is 6.00. The molecule has 1 aliphatic heterocycles. The molecule has 0 spiro atoms. The van der Waals surface area contributed by atoms with Crippen molar-refractivity contribution in [2.24, 2.45) is 0 Å². The molecule has 1 N–H and O–H groups in total. The quantitative estimate of drug-likeness (QED) is 0.794. The Morgan fingerprint density at radius 2 is 1.76 bits per heavy atom. The minimum Gasteiger partial charge on any atom is -0.494 e. The summed E-state index contributed by atoms with van der Waals surface area (Å²) in [5.74, 6) is 0.821. The van der Waals surface area contributed by atoms with Gasteiger partial charge in [0.2, 0.25) is 0 Å². The Labute approximate surface area is 148 Å². The smallest absolute Gasteiger partial charge is 0.145 e. The third-order valence-electron chi connectivity index (χ3n) is 4.83. The minimum atomic E-state index is 0.821. The highest BCUT2D eigenvalue weighted by atomic mass is 16.5. The molecule has 2 heterocycles. The zero-order valence-electron chi connectivity index (χ0n) is 14.7. The number of methoxy groups -OCH3 is 1. The number of anilines is 1. The molecule has 128 valence electrons. The first-order chi connectivity index (χ1) is 12.3. The third-order valence-corrected chi connectivity index (χ3v) is 4.83. The predicted molar refractivity (Wildman–Crippen MR) is 104 cm³/mol. The Hall–Kier alpha value is -2.59. The lowest BCUT2D eigenvalue weighted by Crippen LogP contribution is -2.43. The van der Waals surface area contributed by atoms with Crippen molar-refractivity contribution in [3.8, 4) is 16.9 Å². The highest BCUT2D eigenvalue weighted by Crippen LogP contribution is 2.38. The molecule has 1 fully saturated rings. The summed E-state index contributed by atoms with van der Waals surface area (Å²) in [6.45, 7) is 6.13. The Morgan fingerprint density at radius 3 is 2.56 bits per heavy atom. The summed E-state index contributed by atoms with van der Waals surface area (Å²) >= 11 is 0. The van der Waals surface area contributed by atoms with Crippen molar-refractivity contribution in [3.63, 3.8) is 0 Å². The van der Waals surface area contributed by atoms with E-state index in [0.29, 0.717) is 0 Å². The number of hydrogen-bond acceptors (Lipinski definition) is 4. The van der Waals surface area contributed by atoms with Gasteiger partial charge in [-0.25, -0.2) is 4.98 Å². The maximum atomic E-state index is 5.54. The van der Waals surface area contributed by atoms with Crippen molar-refractivity contribution in [1.82, 2.24) is 10.3 Å². The van der Waals surface area contributed by atoms with Crippen LogP contribution in [0.2, 0.25) is 0 Å². The van der Waals surface area contributed by atoms with Crippen molar-refractivity contribution < 1.29 is 4.74 Å². The van der Waals surface area contributed by atoms with Gasteiger partial charge in [0.05, 0.1) is 7.11 Å². The summed E-state index contributed by atoms with van der Waals surface area (Å²) < 4.78 is 5.54. The van der Waals surface area contributed by atoms with Crippen LogP contribution in [0.3, 0.4) is 0 Å². The van der Waals surface area contributed by atoms with E-state index in [-0.39, 0.29) is 0 Å². The summed E-state index contributed by atoms with van der Waals surface area (Å²) in [4.78, 5) is 7.19. The Balaban J connectivity index is 1.91. The van der Waals surface area contributed by atoms with Crippen LogP contribution in [0, 0.1) is 6.92 Å². The van der Waals surface area contributed by atoms with Crippen molar-refractivity contribution in [2.75, 3.05) is 38.2 Å². The first kappa shape index (κ1) is 15.9. The van der Waals surface area contributed by atoms with E-state index in [1.165, 1.54) is 16.8 Å². The van der Waals surface area contributed by atoms with Crippen LogP contribution in [0.25, 0.3) is 22.0 Å². The van der Waals surface area contributed by atoms with Gasteiger partial charge in [-0.05, 0) is 36.8 Å². The number of fused-ring (bicyclic) bond motifs is 1. The number of aromatic nitrogens is 1. The Bertz CT molecular complexity index is 901. The number of piperazine rings is 1. The van der Waals surface area contributed by atoms with E-state index in [1.807, 2.05) is 13.0 Å². The van der Waals surface area contributed by atoms with Gasteiger partial charge >= 0.3 is 0 Å². The molecule has 1 saturated heterocycles. The zero-order chi connectivity index (χ0) is 17.2. The molecule has 1 aromatic heterocycles. The molecule has 0 bridgehead atoms. The average Bonchev–Trinajstić information content (AvgIpc) is 2.67. The van der Waals surface area contributed by atoms with Crippen LogP contribution in [0.4, 0.5) is 5.69 Å². The monoisotopic (exact) mass is 333 g/mol. The van der Waals surface area contributed by atoms with Crippen LogP contribution < -0.4 is 15.0 Å². The SMILES string of the molecule is COc1ccc(-c2ccccc2N2CCNCC2)c2ccc(C)nc12. The normalized spacial score (nSPS) is 14.7. The largest absolute Gasteiger partial charge is 0.494 e. The number of nitrogens with zero attached hydrogens (tertiary/aromatic N) is 2. The molecule has 4 nitrogen and oxygen atoms in total. The Morgan fingerprint density at radius 1 is 0.960 bits per heavy atom. The molecule has 4 rings (SSSR count). The van der Waals surface area contributed by atoms with Gasteiger partial charge in [-0.2, -0.15) is 0 Å². The standard InChI is InChI=1S/C21H23N3O/c1-15-7-8-18-16(9-10-20(25-2)21(18)23-15)17-5-3-4-6-19(17)24-13-11-22-12-14-24/h3-10,22H,11-14H2,1-2H3. The second-order valence-electron chi connectivity index (χ2n) is 6.42. The number of benzene rings is 2. The average molecular weight is 333 g/mol. The van der Waals surface area contributed by atoms with Crippen LogP contribution in [0.5, 0.6) is 5.75 Å². The summed E-state index contributed by atoms with van der Waals surface area (Å²) in [6, 6.07) is 17.1. The molecular formula is C21H23N3O. The van der Waals surface area contributed by atoms with Crippen molar-refractivity contribution in [2.45, 2.75) is 6.92 Å². The number of aryl methyl sites for hydroxylation is 1. The number of ether oxygens (including phenoxy) is 1. The van der Waals surface area contributed by atoms with Crippen molar-refractivity contribution in [1.29, 1.82) is 0 Å². The van der Waals surface area contributed by atoms with Crippen LogP contribution in [-0.4, -0.2) is 38.3 Å². The first-order valence-electron chi connectivity index (χ1n) is 8.77. The molecule has 4 heteroatoms. The van der Waals surface area contributed by atoms with Crippen LogP contribution in [0.1, 0.15) is 5.69 Å². The van der Waals surface area contributed by atoms with E-state index in [1.54, 1.807) is 7.11 Å². The molecular weight excluding hydrogens is 310 g/mol. The molecule has 0 amide bonds. The lowest BCUT2D eigenvalue weighted by molar-refractivity contribution is 0.419.